The summed E-state index contributed by atoms with van der Waals surface area (Å²) in [6.45, 7) is -1.11. The molecule has 14 heteroatoms. The standard InChI is InChI=1S/C21H21F3N4O7/c1-34-14-9-13-12(16(29)26-10-25-13)8-15(14)35-11-2-4-20(5-3-11)17(30)27(19(32)33)6-7-28(20)18(31)21(22,23)24/h8-11H,2-7H2,1H3,(H,32,33)(H,25,26,29). The number of aromatic amines is 1. The smallest absolute Gasteiger partial charge is 0.471 e. The molecular weight excluding hydrogens is 477 g/mol. The van der Waals surface area contributed by atoms with Gasteiger partial charge in [-0.15, -0.1) is 0 Å². The number of carbonyl (C=O) groups excluding carboxylic acids is 2. The first-order valence-electron chi connectivity index (χ1n) is 10.6. The first kappa shape index (κ1) is 24.3. The number of piperazine rings is 1. The number of aromatic nitrogens is 2. The van der Waals surface area contributed by atoms with E-state index in [0.717, 1.165) is 0 Å². The molecule has 0 radical (unpaired) electrons. The molecule has 188 valence electrons. The molecule has 1 aromatic heterocycles. The Balaban J connectivity index is 1.60. The van der Waals surface area contributed by atoms with Gasteiger partial charge in [-0.1, -0.05) is 0 Å². The van der Waals surface area contributed by atoms with E-state index >= 15 is 0 Å². The fourth-order valence-corrected chi connectivity index (χ4v) is 4.69. The number of ether oxygens (including phenoxy) is 2. The Labute approximate surface area is 195 Å². The molecule has 2 heterocycles. The summed E-state index contributed by atoms with van der Waals surface area (Å²) in [6.07, 6.45) is -6.55. The number of methoxy groups -OCH3 is 1. The van der Waals surface area contributed by atoms with Crippen LogP contribution in [0.5, 0.6) is 11.5 Å². The Bertz CT molecular complexity index is 1240. The van der Waals surface area contributed by atoms with E-state index in [9.17, 15) is 37.5 Å². The summed E-state index contributed by atoms with van der Waals surface area (Å²) in [7, 11) is 1.39. The van der Waals surface area contributed by atoms with Gasteiger partial charge in [0.05, 0.1) is 30.4 Å². The minimum Gasteiger partial charge on any atom is -0.493 e. The summed E-state index contributed by atoms with van der Waals surface area (Å²) in [5, 5.41) is 9.56. The number of hydrogen-bond donors (Lipinski definition) is 2. The summed E-state index contributed by atoms with van der Waals surface area (Å²) in [5.41, 5.74) is -1.99. The number of benzene rings is 1. The van der Waals surface area contributed by atoms with E-state index in [1.165, 1.54) is 25.6 Å². The number of fused-ring (bicyclic) bond motifs is 1. The monoisotopic (exact) mass is 498 g/mol. The largest absolute Gasteiger partial charge is 0.493 e. The second-order valence-corrected chi connectivity index (χ2v) is 8.29. The number of alkyl halides is 3. The molecule has 2 fully saturated rings. The van der Waals surface area contributed by atoms with Gasteiger partial charge >= 0.3 is 18.2 Å². The van der Waals surface area contributed by atoms with Crippen LogP contribution in [0.4, 0.5) is 18.0 Å². The third kappa shape index (κ3) is 4.23. The Morgan fingerprint density at radius 1 is 1.17 bits per heavy atom. The Hall–Kier alpha value is -3.84. The fourth-order valence-electron chi connectivity index (χ4n) is 4.69. The van der Waals surface area contributed by atoms with E-state index in [4.69, 9.17) is 9.47 Å². The first-order chi connectivity index (χ1) is 16.5. The van der Waals surface area contributed by atoms with Gasteiger partial charge in [0.15, 0.2) is 11.5 Å². The average molecular weight is 498 g/mol. The molecule has 0 bridgehead atoms. The van der Waals surface area contributed by atoms with Crippen LogP contribution >= 0.6 is 0 Å². The van der Waals surface area contributed by atoms with Crippen molar-refractivity contribution in [3.63, 3.8) is 0 Å². The van der Waals surface area contributed by atoms with E-state index in [1.54, 1.807) is 0 Å². The van der Waals surface area contributed by atoms with Crippen molar-refractivity contribution in [2.45, 2.75) is 43.5 Å². The molecule has 4 rings (SSSR count). The third-order valence-corrected chi connectivity index (χ3v) is 6.40. The zero-order valence-corrected chi connectivity index (χ0v) is 18.4. The zero-order valence-electron chi connectivity index (χ0n) is 18.4. The van der Waals surface area contributed by atoms with Gasteiger partial charge in [0, 0.05) is 19.2 Å². The molecule has 3 amide bonds. The van der Waals surface area contributed by atoms with Crippen LogP contribution in [-0.4, -0.2) is 80.8 Å². The van der Waals surface area contributed by atoms with E-state index in [1.807, 2.05) is 0 Å². The predicted octanol–water partition coefficient (Wildman–Crippen LogP) is 1.90. The molecular formula is C21H21F3N4O7. The van der Waals surface area contributed by atoms with Crippen LogP contribution in [0.15, 0.2) is 23.3 Å². The van der Waals surface area contributed by atoms with Crippen molar-refractivity contribution in [1.82, 2.24) is 19.8 Å². The van der Waals surface area contributed by atoms with Crippen LogP contribution in [-0.2, 0) is 9.59 Å². The van der Waals surface area contributed by atoms with Crippen LogP contribution in [0.25, 0.3) is 10.9 Å². The van der Waals surface area contributed by atoms with Gasteiger partial charge in [0.1, 0.15) is 5.54 Å². The van der Waals surface area contributed by atoms with E-state index in [-0.39, 0.29) is 42.6 Å². The molecule has 1 aliphatic carbocycles. The van der Waals surface area contributed by atoms with Gasteiger partial charge in [0.25, 0.3) is 11.5 Å². The summed E-state index contributed by atoms with van der Waals surface area (Å²) in [6, 6.07) is 2.94. The summed E-state index contributed by atoms with van der Waals surface area (Å²) >= 11 is 0. The molecule has 2 N–H and O–H groups in total. The lowest BCUT2D eigenvalue weighted by Gasteiger charge is -2.50. The highest BCUT2D eigenvalue weighted by atomic mass is 19.4. The molecule has 1 spiro atoms. The lowest BCUT2D eigenvalue weighted by Crippen LogP contribution is -2.70. The van der Waals surface area contributed by atoms with Gasteiger partial charge in [-0.25, -0.2) is 14.7 Å². The summed E-state index contributed by atoms with van der Waals surface area (Å²) in [4.78, 5) is 56.1. The van der Waals surface area contributed by atoms with Gasteiger partial charge in [-0.05, 0) is 31.7 Å². The quantitative estimate of drug-likeness (QED) is 0.654. The molecule has 35 heavy (non-hydrogen) atoms. The highest BCUT2D eigenvalue weighted by Gasteiger charge is 2.58. The second kappa shape index (κ2) is 8.74. The van der Waals surface area contributed by atoms with Crippen LogP contribution < -0.4 is 15.0 Å². The van der Waals surface area contributed by atoms with Crippen molar-refractivity contribution in [3.05, 3.63) is 28.8 Å². The molecule has 1 saturated heterocycles. The van der Waals surface area contributed by atoms with E-state index in [2.05, 4.69) is 9.97 Å². The SMILES string of the molecule is COc1cc2nc[nH]c(=O)c2cc1OC1CCC2(CC1)C(=O)N(C(=O)O)CCN2C(=O)C(F)(F)F. The first-order valence-corrected chi connectivity index (χ1v) is 10.6. The van der Waals surface area contributed by atoms with Crippen molar-refractivity contribution in [2.75, 3.05) is 20.2 Å². The third-order valence-electron chi connectivity index (χ3n) is 6.40. The number of nitrogens with zero attached hydrogens (tertiary/aromatic N) is 3. The number of hydrogen-bond acceptors (Lipinski definition) is 7. The number of carboxylic acid groups (broad SMARTS) is 1. The van der Waals surface area contributed by atoms with Crippen molar-refractivity contribution in [3.8, 4) is 11.5 Å². The summed E-state index contributed by atoms with van der Waals surface area (Å²) < 4.78 is 51.1. The maximum Gasteiger partial charge on any atom is 0.471 e. The number of halogens is 3. The average Bonchev–Trinajstić information content (AvgIpc) is 2.81. The molecule has 1 aromatic carbocycles. The number of nitrogens with one attached hydrogen (secondary N) is 1. The Kier molecular flexibility index (Phi) is 6.07. The Morgan fingerprint density at radius 3 is 2.46 bits per heavy atom. The molecule has 0 atom stereocenters. The minimum atomic E-state index is -5.22. The topological polar surface area (TPSA) is 142 Å². The number of carbonyl (C=O) groups is 3. The van der Waals surface area contributed by atoms with Crippen molar-refractivity contribution < 1.29 is 42.1 Å². The molecule has 1 aliphatic heterocycles. The Morgan fingerprint density at radius 2 is 1.86 bits per heavy atom. The highest BCUT2D eigenvalue weighted by Crippen LogP contribution is 2.42. The second-order valence-electron chi connectivity index (χ2n) is 8.29. The van der Waals surface area contributed by atoms with Crippen LogP contribution in [0.3, 0.4) is 0 Å². The van der Waals surface area contributed by atoms with Gasteiger partial charge in [-0.3, -0.25) is 14.4 Å². The maximum atomic E-state index is 13.3. The number of amides is 3. The molecule has 1 saturated carbocycles. The minimum absolute atomic E-state index is 0.0470. The van der Waals surface area contributed by atoms with E-state index < -0.39 is 54.4 Å². The van der Waals surface area contributed by atoms with Gasteiger partial charge < -0.3 is 24.5 Å². The zero-order chi connectivity index (χ0) is 25.5. The predicted molar refractivity (Wildman–Crippen MR) is 112 cm³/mol. The maximum absolute atomic E-state index is 13.3. The molecule has 2 aliphatic rings. The van der Waals surface area contributed by atoms with Crippen LogP contribution in [0.1, 0.15) is 25.7 Å². The van der Waals surface area contributed by atoms with Crippen molar-refractivity contribution in [1.29, 1.82) is 0 Å². The molecule has 2 aromatic rings. The van der Waals surface area contributed by atoms with Crippen LogP contribution in [0, 0.1) is 0 Å². The van der Waals surface area contributed by atoms with Crippen LogP contribution in [0.2, 0.25) is 0 Å². The van der Waals surface area contributed by atoms with Crippen molar-refractivity contribution >= 4 is 28.8 Å². The lowest BCUT2D eigenvalue weighted by molar-refractivity contribution is -0.199. The molecule has 11 nitrogen and oxygen atoms in total. The van der Waals surface area contributed by atoms with Gasteiger partial charge in [0.2, 0.25) is 0 Å². The van der Waals surface area contributed by atoms with Gasteiger partial charge in [-0.2, -0.15) is 13.2 Å². The number of rotatable bonds is 3. The highest BCUT2D eigenvalue weighted by molar-refractivity contribution is 6.01. The molecule has 0 unspecified atom stereocenters. The fraction of sp³-hybridized carbons (Fsp3) is 0.476. The number of H-pyrrole nitrogens is 1. The lowest BCUT2D eigenvalue weighted by atomic mass is 9.76. The summed E-state index contributed by atoms with van der Waals surface area (Å²) in [5.74, 6) is -2.77. The van der Waals surface area contributed by atoms with E-state index in [0.29, 0.717) is 15.3 Å². The normalized spacial score (nSPS) is 23.0. The van der Waals surface area contributed by atoms with Crippen molar-refractivity contribution in [2.24, 2.45) is 0 Å². The number of imide groups is 1.